The standard InChI is InChI=1S/C16H22BrN3/c1-3-8-18-15(12-16-19-9-10-20(16)2)11-13-4-6-14(17)7-5-13/h4-7,9-10,15,18H,3,8,11-12H2,1-2H3. The van der Waals surface area contributed by atoms with Gasteiger partial charge in [-0.25, -0.2) is 4.98 Å². The Morgan fingerprint density at radius 1 is 1.25 bits per heavy atom. The van der Waals surface area contributed by atoms with Crippen LogP contribution in [0.1, 0.15) is 24.7 Å². The largest absolute Gasteiger partial charge is 0.338 e. The van der Waals surface area contributed by atoms with Gasteiger partial charge in [0.15, 0.2) is 0 Å². The van der Waals surface area contributed by atoms with Crippen LogP contribution in [0.4, 0.5) is 0 Å². The van der Waals surface area contributed by atoms with Crippen LogP contribution >= 0.6 is 15.9 Å². The Labute approximate surface area is 129 Å². The molecule has 1 aromatic carbocycles. The van der Waals surface area contributed by atoms with Gasteiger partial charge < -0.3 is 9.88 Å². The summed E-state index contributed by atoms with van der Waals surface area (Å²) in [6, 6.07) is 9.00. The van der Waals surface area contributed by atoms with Gasteiger partial charge in [0.05, 0.1) is 0 Å². The van der Waals surface area contributed by atoms with Crippen LogP contribution in [-0.2, 0) is 19.9 Å². The van der Waals surface area contributed by atoms with E-state index >= 15 is 0 Å². The maximum atomic E-state index is 4.43. The summed E-state index contributed by atoms with van der Waals surface area (Å²) in [6.07, 6.45) is 7.01. The predicted octanol–water partition coefficient (Wildman–Crippen LogP) is 3.34. The Hall–Kier alpha value is -1.13. The highest BCUT2D eigenvalue weighted by atomic mass is 79.9. The van der Waals surface area contributed by atoms with Crippen molar-refractivity contribution >= 4 is 15.9 Å². The predicted molar refractivity (Wildman–Crippen MR) is 86.8 cm³/mol. The summed E-state index contributed by atoms with van der Waals surface area (Å²) in [5.41, 5.74) is 1.36. The van der Waals surface area contributed by atoms with E-state index in [1.165, 1.54) is 5.56 Å². The van der Waals surface area contributed by atoms with Gasteiger partial charge in [0.1, 0.15) is 5.82 Å². The van der Waals surface area contributed by atoms with Gasteiger partial charge in [-0.15, -0.1) is 0 Å². The molecule has 0 bridgehead atoms. The van der Waals surface area contributed by atoms with Crippen molar-refractivity contribution in [1.29, 1.82) is 0 Å². The molecule has 20 heavy (non-hydrogen) atoms. The van der Waals surface area contributed by atoms with Crippen molar-refractivity contribution in [3.8, 4) is 0 Å². The van der Waals surface area contributed by atoms with Crippen LogP contribution in [0.15, 0.2) is 41.1 Å². The molecule has 1 aromatic heterocycles. The third kappa shape index (κ3) is 4.46. The summed E-state index contributed by atoms with van der Waals surface area (Å²) >= 11 is 3.48. The van der Waals surface area contributed by atoms with Crippen LogP contribution in [-0.4, -0.2) is 22.1 Å². The fourth-order valence-electron chi connectivity index (χ4n) is 2.28. The molecule has 108 valence electrons. The first-order valence-electron chi connectivity index (χ1n) is 7.13. The molecule has 0 aliphatic carbocycles. The molecule has 0 aliphatic rings. The molecule has 2 aromatic rings. The Kier molecular flexibility index (Phi) is 5.80. The molecule has 1 heterocycles. The van der Waals surface area contributed by atoms with Crippen molar-refractivity contribution < 1.29 is 0 Å². The number of rotatable bonds is 7. The highest BCUT2D eigenvalue weighted by Gasteiger charge is 2.12. The van der Waals surface area contributed by atoms with Gasteiger partial charge in [-0.2, -0.15) is 0 Å². The van der Waals surface area contributed by atoms with Crippen molar-refractivity contribution in [2.45, 2.75) is 32.2 Å². The van der Waals surface area contributed by atoms with Gasteiger partial charge in [-0.05, 0) is 37.1 Å². The average molecular weight is 336 g/mol. The number of benzene rings is 1. The Morgan fingerprint density at radius 3 is 2.60 bits per heavy atom. The molecule has 0 radical (unpaired) electrons. The highest BCUT2D eigenvalue weighted by Crippen LogP contribution is 2.13. The monoisotopic (exact) mass is 335 g/mol. The van der Waals surface area contributed by atoms with Crippen LogP contribution in [0.5, 0.6) is 0 Å². The molecule has 3 nitrogen and oxygen atoms in total. The second-order valence-corrected chi connectivity index (χ2v) is 6.06. The number of imidazole rings is 1. The lowest BCUT2D eigenvalue weighted by Crippen LogP contribution is -2.34. The Balaban J connectivity index is 2.03. The van der Waals surface area contributed by atoms with E-state index in [2.05, 4.69) is 69.0 Å². The maximum absolute atomic E-state index is 4.43. The summed E-state index contributed by atoms with van der Waals surface area (Å²) < 4.78 is 3.23. The molecule has 2 rings (SSSR count). The summed E-state index contributed by atoms with van der Waals surface area (Å²) in [5.74, 6) is 1.13. The van der Waals surface area contributed by atoms with Crippen LogP contribution in [0.25, 0.3) is 0 Å². The van der Waals surface area contributed by atoms with E-state index in [-0.39, 0.29) is 0 Å². The fourth-order valence-corrected chi connectivity index (χ4v) is 2.55. The van der Waals surface area contributed by atoms with Crippen molar-refractivity contribution in [3.05, 3.63) is 52.5 Å². The smallest absolute Gasteiger partial charge is 0.109 e. The quantitative estimate of drug-likeness (QED) is 0.840. The third-order valence-corrected chi connectivity index (χ3v) is 3.96. The summed E-state index contributed by atoms with van der Waals surface area (Å²) in [7, 11) is 2.05. The lowest BCUT2D eigenvalue weighted by molar-refractivity contribution is 0.490. The molecular weight excluding hydrogens is 314 g/mol. The van der Waals surface area contributed by atoms with E-state index in [0.717, 1.165) is 36.1 Å². The SMILES string of the molecule is CCCNC(Cc1ccc(Br)cc1)Cc1nccn1C. The number of nitrogens with zero attached hydrogens (tertiary/aromatic N) is 2. The van der Waals surface area contributed by atoms with Gasteiger partial charge in [0.25, 0.3) is 0 Å². The zero-order chi connectivity index (χ0) is 14.4. The molecule has 0 saturated carbocycles. The third-order valence-electron chi connectivity index (χ3n) is 3.43. The molecule has 1 unspecified atom stereocenters. The van der Waals surface area contributed by atoms with Crippen molar-refractivity contribution in [3.63, 3.8) is 0 Å². The molecule has 0 spiro atoms. The van der Waals surface area contributed by atoms with Crippen LogP contribution in [0.2, 0.25) is 0 Å². The van der Waals surface area contributed by atoms with Crippen molar-refractivity contribution in [2.24, 2.45) is 7.05 Å². The number of aromatic nitrogens is 2. The number of aryl methyl sites for hydroxylation is 1. The minimum Gasteiger partial charge on any atom is -0.338 e. The maximum Gasteiger partial charge on any atom is 0.109 e. The van der Waals surface area contributed by atoms with E-state index < -0.39 is 0 Å². The van der Waals surface area contributed by atoms with Crippen molar-refractivity contribution in [1.82, 2.24) is 14.9 Å². The minimum absolute atomic E-state index is 0.428. The fraction of sp³-hybridized carbons (Fsp3) is 0.438. The van der Waals surface area contributed by atoms with Crippen LogP contribution < -0.4 is 5.32 Å². The topological polar surface area (TPSA) is 29.9 Å². The van der Waals surface area contributed by atoms with Crippen molar-refractivity contribution in [2.75, 3.05) is 6.54 Å². The lowest BCUT2D eigenvalue weighted by atomic mass is 10.0. The molecule has 1 N–H and O–H groups in total. The Bertz CT molecular complexity index is 519. The van der Waals surface area contributed by atoms with Gasteiger partial charge in [-0.3, -0.25) is 0 Å². The molecule has 0 aliphatic heterocycles. The van der Waals surface area contributed by atoms with E-state index in [4.69, 9.17) is 0 Å². The van der Waals surface area contributed by atoms with E-state index in [1.807, 2.05) is 12.4 Å². The zero-order valence-corrected chi connectivity index (χ0v) is 13.7. The first kappa shape index (κ1) is 15.3. The van der Waals surface area contributed by atoms with Gasteiger partial charge in [0, 0.05) is 36.4 Å². The summed E-state index contributed by atoms with van der Waals surface area (Å²) in [5, 5.41) is 3.63. The number of hydrogen-bond acceptors (Lipinski definition) is 2. The second-order valence-electron chi connectivity index (χ2n) is 5.14. The highest BCUT2D eigenvalue weighted by molar-refractivity contribution is 9.10. The molecule has 0 amide bonds. The first-order valence-corrected chi connectivity index (χ1v) is 7.92. The van der Waals surface area contributed by atoms with E-state index in [9.17, 15) is 0 Å². The molecule has 4 heteroatoms. The minimum atomic E-state index is 0.428. The lowest BCUT2D eigenvalue weighted by Gasteiger charge is -2.18. The number of halogens is 1. The zero-order valence-electron chi connectivity index (χ0n) is 12.1. The van der Waals surface area contributed by atoms with Gasteiger partial charge >= 0.3 is 0 Å². The molecule has 1 atom stereocenters. The molecule has 0 saturated heterocycles. The van der Waals surface area contributed by atoms with Crippen LogP contribution in [0.3, 0.4) is 0 Å². The normalized spacial score (nSPS) is 12.6. The number of hydrogen-bond donors (Lipinski definition) is 1. The van der Waals surface area contributed by atoms with E-state index in [1.54, 1.807) is 0 Å². The first-order chi connectivity index (χ1) is 9.69. The molecular formula is C16H22BrN3. The van der Waals surface area contributed by atoms with E-state index in [0.29, 0.717) is 6.04 Å². The van der Waals surface area contributed by atoms with Crippen LogP contribution in [0, 0.1) is 0 Å². The molecule has 0 fully saturated rings. The second kappa shape index (κ2) is 7.60. The Morgan fingerprint density at radius 2 is 2.00 bits per heavy atom. The number of nitrogens with one attached hydrogen (secondary N) is 1. The van der Waals surface area contributed by atoms with Gasteiger partial charge in [0.2, 0.25) is 0 Å². The average Bonchev–Trinajstić information content (AvgIpc) is 2.84. The summed E-state index contributed by atoms with van der Waals surface area (Å²) in [4.78, 5) is 4.43. The summed E-state index contributed by atoms with van der Waals surface area (Å²) in [6.45, 7) is 3.25. The van der Waals surface area contributed by atoms with Gasteiger partial charge in [-0.1, -0.05) is 35.0 Å².